The molecular weight excluding hydrogens is 243 g/mol. The summed E-state index contributed by atoms with van der Waals surface area (Å²) in [5, 5.41) is 8.12. The molecule has 12 heavy (non-hydrogen) atoms. The van der Waals surface area contributed by atoms with Gasteiger partial charge < -0.3 is 5.11 Å². The van der Waals surface area contributed by atoms with E-state index in [0.29, 0.717) is 0 Å². The van der Waals surface area contributed by atoms with Gasteiger partial charge in [-0.2, -0.15) is 13.2 Å². The van der Waals surface area contributed by atoms with Gasteiger partial charge in [-0.3, -0.25) is 0 Å². The summed E-state index contributed by atoms with van der Waals surface area (Å²) in [6, 6.07) is 0. The molecule has 0 fully saturated rings. The molecule has 2 nitrogen and oxygen atoms in total. The van der Waals surface area contributed by atoms with E-state index in [2.05, 4.69) is 0 Å². The first-order chi connectivity index (χ1) is 5.14. The third-order valence-corrected chi connectivity index (χ3v) is 2.50. The molecule has 0 saturated heterocycles. The van der Waals surface area contributed by atoms with Crippen LogP contribution >= 0.6 is 34.8 Å². The zero-order valence-corrected chi connectivity index (χ0v) is 7.47. The molecule has 0 spiro atoms. The zero-order valence-electron chi connectivity index (χ0n) is 5.20. The molecule has 72 valence electrons. The average Bonchev–Trinajstić information content (AvgIpc) is 1.82. The number of alkyl halides is 6. The van der Waals surface area contributed by atoms with E-state index in [1.165, 1.54) is 0 Å². The quantitative estimate of drug-likeness (QED) is 0.759. The molecule has 1 unspecified atom stereocenters. The van der Waals surface area contributed by atoms with Gasteiger partial charge in [0.2, 0.25) is 0 Å². The second kappa shape index (κ2) is 3.47. The third-order valence-electron chi connectivity index (χ3n) is 1.02. The number of rotatable bonds is 2. The molecule has 8 heteroatoms. The van der Waals surface area contributed by atoms with E-state index in [9.17, 15) is 18.0 Å². The Labute approximate surface area is 80.2 Å². The van der Waals surface area contributed by atoms with E-state index in [1.54, 1.807) is 0 Å². The maximum Gasteiger partial charge on any atom is 0.421 e. The first kappa shape index (κ1) is 12.1. The van der Waals surface area contributed by atoms with E-state index in [1.807, 2.05) is 0 Å². The maximum absolute atomic E-state index is 11.9. The van der Waals surface area contributed by atoms with Crippen molar-refractivity contribution in [1.82, 2.24) is 0 Å². The Balaban J connectivity index is 5.02. The highest BCUT2D eigenvalue weighted by Gasteiger charge is 2.64. The highest BCUT2D eigenvalue weighted by molar-refractivity contribution is 6.53. The summed E-state index contributed by atoms with van der Waals surface area (Å²) in [7, 11) is 0. The minimum absolute atomic E-state index is 2.27. The van der Waals surface area contributed by atoms with Crippen molar-refractivity contribution in [1.29, 1.82) is 0 Å². The summed E-state index contributed by atoms with van der Waals surface area (Å²) in [6.45, 7) is 0. The molecule has 0 aliphatic heterocycles. The molecule has 0 radical (unpaired) electrons. The van der Waals surface area contributed by atoms with Crippen molar-refractivity contribution in [2.24, 2.45) is 0 Å². The molecular formula is C4H2Cl3F3O2. The molecule has 0 saturated carbocycles. The average molecular weight is 245 g/mol. The summed E-state index contributed by atoms with van der Waals surface area (Å²) in [5.41, 5.74) is 0. The summed E-state index contributed by atoms with van der Waals surface area (Å²) in [4.78, 5) is 4.18. The van der Waals surface area contributed by atoms with Gasteiger partial charge in [0.25, 0.3) is 4.87 Å². The molecule has 0 amide bonds. The Morgan fingerprint density at radius 3 is 1.67 bits per heavy atom. The topological polar surface area (TPSA) is 37.3 Å². The van der Waals surface area contributed by atoms with Crippen molar-refractivity contribution < 1.29 is 23.1 Å². The van der Waals surface area contributed by atoms with Gasteiger partial charge in [0.15, 0.2) is 0 Å². The Hall–Kier alpha value is 0.130. The van der Waals surface area contributed by atoms with Gasteiger partial charge in [0.1, 0.15) is 4.84 Å². The zero-order chi connectivity index (χ0) is 10.2. The van der Waals surface area contributed by atoms with Crippen LogP contribution in [-0.4, -0.2) is 27.0 Å². The number of hydrogen-bond acceptors (Lipinski definition) is 1. The van der Waals surface area contributed by atoms with Crippen LogP contribution in [-0.2, 0) is 4.79 Å². The first-order valence-electron chi connectivity index (χ1n) is 2.41. The second-order valence-electron chi connectivity index (χ2n) is 1.82. The van der Waals surface area contributed by atoms with Crippen LogP contribution in [0.1, 0.15) is 0 Å². The van der Waals surface area contributed by atoms with Crippen molar-refractivity contribution in [2.45, 2.75) is 15.9 Å². The Bertz CT molecular complexity index is 192. The SMILES string of the molecule is O=C(O)C(Cl)(C(Cl)Cl)C(F)(F)F. The lowest BCUT2D eigenvalue weighted by Gasteiger charge is -2.25. The fraction of sp³-hybridized carbons (Fsp3) is 0.750. The lowest BCUT2D eigenvalue weighted by Crippen LogP contribution is -2.52. The Morgan fingerprint density at radius 1 is 1.33 bits per heavy atom. The number of carbonyl (C=O) groups is 1. The van der Waals surface area contributed by atoms with Crippen LogP contribution in [0.5, 0.6) is 0 Å². The minimum atomic E-state index is -5.20. The van der Waals surface area contributed by atoms with Gasteiger partial charge in [-0.05, 0) is 0 Å². The van der Waals surface area contributed by atoms with Gasteiger partial charge in [-0.25, -0.2) is 4.79 Å². The molecule has 1 N–H and O–H groups in total. The first-order valence-corrected chi connectivity index (χ1v) is 3.66. The molecule has 0 heterocycles. The van der Waals surface area contributed by atoms with E-state index >= 15 is 0 Å². The van der Waals surface area contributed by atoms with Crippen LogP contribution in [0.25, 0.3) is 0 Å². The lowest BCUT2D eigenvalue weighted by molar-refractivity contribution is -0.182. The number of carboxylic acids is 1. The summed E-state index contributed by atoms with van der Waals surface area (Å²) >= 11 is 14.3. The smallest absolute Gasteiger partial charge is 0.421 e. The standard InChI is InChI=1S/C4H2Cl3F3O2/c5-1(6)3(7,2(11)12)4(8,9)10/h1H,(H,11,12). The van der Waals surface area contributed by atoms with Gasteiger partial charge >= 0.3 is 12.1 Å². The van der Waals surface area contributed by atoms with E-state index in [0.717, 1.165) is 0 Å². The molecule has 0 aromatic rings. The predicted molar refractivity (Wildman–Crippen MR) is 37.8 cm³/mol. The fourth-order valence-corrected chi connectivity index (χ4v) is 0.772. The highest BCUT2D eigenvalue weighted by Crippen LogP contribution is 2.42. The van der Waals surface area contributed by atoms with Crippen molar-refractivity contribution >= 4 is 40.8 Å². The second-order valence-corrected chi connectivity index (χ2v) is 3.51. The highest BCUT2D eigenvalue weighted by atomic mass is 35.5. The molecule has 0 aliphatic carbocycles. The number of aliphatic carboxylic acids is 1. The molecule has 0 aliphatic rings. The summed E-state index contributed by atoms with van der Waals surface area (Å²) in [5.74, 6) is -2.33. The largest absolute Gasteiger partial charge is 0.480 e. The fourth-order valence-electron chi connectivity index (χ4n) is 0.338. The van der Waals surface area contributed by atoms with Crippen LogP contribution in [0.3, 0.4) is 0 Å². The van der Waals surface area contributed by atoms with Crippen molar-refractivity contribution in [2.75, 3.05) is 0 Å². The van der Waals surface area contributed by atoms with Crippen LogP contribution in [0.2, 0.25) is 0 Å². The molecule has 0 aromatic heterocycles. The number of halogens is 6. The van der Waals surface area contributed by atoms with Crippen molar-refractivity contribution in [3.05, 3.63) is 0 Å². The minimum Gasteiger partial charge on any atom is -0.480 e. The van der Waals surface area contributed by atoms with Crippen LogP contribution in [0, 0.1) is 0 Å². The van der Waals surface area contributed by atoms with E-state index in [-0.39, 0.29) is 0 Å². The molecule has 0 rings (SSSR count). The van der Waals surface area contributed by atoms with Crippen molar-refractivity contribution in [3.8, 4) is 0 Å². The monoisotopic (exact) mass is 244 g/mol. The normalized spacial score (nSPS) is 17.6. The van der Waals surface area contributed by atoms with Gasteiger partial charge in [-0.1, -0.05) is 11.6 Å². The van der Waals surface area contributed by atoms with Crippen LogP contribution < -0.4 is 0 Å². The van der Waals surface area contributed by atoms with Gasteiger partial charge in [-0.15, -0.1) is 23.2 Å². The lowest BCUT2D eigenvalue weighted by atomic mass is 10.1. The summed E-state index contributed by atoms with van der Waals surface area (Å²) in [6.07, 6.45) is -5.20. The Morgan fingerprint density at radius 2 is 1.67 bits per heavy atom. The van der Waals surface area contributed by atoms with E-state index in [4.69, 9.17) is 39.9 Å². The molecule has 0 bridgehead atoms. The van der Waals surface area contributed by atoms with Gasteiger partial charge in [0.05, 0.1) is 0 Å². The molecule has 1 atom stereocenters. The van der Waals surface area contributed by atoms with E-state index < -0.39 is 21.9 Å². The third kappa shape index (κ3) is 1.89. The number of hydrogen-bond donors (Lipinski definition) is 1. The maximum atomic E-state index is 11.9. The Kier molecular flexibility index (Phi) is 3.51. The van der Waals surface area contributed by atoms with Crippen LogP contribution in [0.15, 0.2) is 0 Å². The predicted octanol–water partition coefficient (Wildman–Crippen LogP) is 2.41. The van der Waals surface area contributed by atoms with Crippen molar-refractivity contribution in [3.63, 3.8) is 0 Å². The van der Waals surface area contributed by atoms with Gasteiger partial charge in [0, 0.05) is 0 Å². The van der Waals surface area contributed by atoms with Crippen LogP contribution in [0.4, 0.5) is 13.2 Å². The molecule has 0 aromatic carbocycles. The summed E-state index contributed by atoms with van der Waals surface area (Å²) < 4.78 is 35.8. The number of carboxylic acid groups (broad SMARTS) is 1.